The first-order valence-corrected chi connectivity index (χ1v) is 5.65. The molecule has 0 saturated heterocycles. The molecule has 6 heteroatoms. The molecule has 2 heterocycles. The second-order valence-electron chi connectivity index (χ2n) is 3.91. The van der Waals surface area contributed by atoms with Crippen LogP contribution in [0.15, 0.2) is 59.7 Å². The fourth-order valence-corrected chi connectivity index (χ4v) is 1.83. The molecule has 19 heavy (non-hydrogen) atoms. The molecule has 6 nitrogen and oxygen atoms in total. The second kappa shape index (κ2) is 4.41. The summed E-state index contributed by atoms with van der Waals surface area (Å²) in [6.07, 6.45) is 2.77. The van der Waals surface area contributed by atoms with Gasteiger partial charge in [-0.2, -0.15) is 5.10 Å². The van der Waals surface area contributed by atoms with Crippen molar-refractivity contribution in [1.29, 1.82) is 0 Å². The summed E-state index contributed by atoms with van der Waals surface area (Å²) in [5, 5.41) is 17.3. The summed E-state index contributed by atoms with van der Waals surface area (Å²) in [5.74, 6) is 0. The summed E-state index contributed by atoms with van der Waals surface area (Å²) < 4.78 is 1.60. The van der Waals surface area contributed by atoms with Crippen LogP contribution >= 0.6 is 0 Å². The van der Waals surface area contributed by atoms with Gasteiger partial charge in [-0.25, -0.2) is 4.68 Å². The summed E-state index contributed by atoms with van der Waals surface area (Å²) >= 11 is 0. The van der Waals surface area contributed by atoms with Gasteiger partial charge < -0.3 is 5.21 Å². The van der Waals surface area contributed by atoms with E-state index in [1.807, 2.05) is 30.3 Å². The molecule has 0 aliphatic heterocycles. The molecule has 0 radical (unpaired) electrons. The van der Waals surface area contributed by atoms with Gasteiger partial charge in [-0.3, -0.25) is 4.79 Å². The third-order valence-corrected chi connectivity index (χ3v) is 2.68. The van der Waals surface area contributed by atoms with Crippen molar-refractivity contribution < 1.29 is 5.21 Å². The summed E-state index contributed by atoms with van der Waals surface area (Å²) in [6.45, 7) is 0. The van der Waals surface area contributed by atoms with Gasteiger partial charge in [-0.15, -0.1) is 9.94 Å². The van der Waals surface area contributed by atoms with Crippen molar-refractivity contribution in [2.45, 2.75) is 0 Å². The van der Waals surface area contributed by atoms with Crippen LogP contribution in [0.3, 0.4) is 0 Å². The van der Waals surface area contributed by atoms with Crippen molar-refractivity contribution in [3.05, 3.63) is 65.1 Å². The number of nitrogens with zero attached hydrogens (tertiary/aromatic N) is 4. The Kier molecular flexibility index (Phi) is 2.60. The molecule has 2 aromatic heterocycles. The van der Waals surface area contributed by atoms with Crippen molar-refractivity contribution in [3.8, 4) is 17.1 Å². The number of rotatable bonds is 2. The minimum absolute atomic E-state index is 0.145. The van der Waals surface area contributed by atoms with Crippen LogP contribution in [0.4, 0.5) is 0 Å². The lowest BCUT2D eigenvalue weighted by Crippen LogP contribution is -2.14. The zero-order valence-corrected chi connectivity index (χ0v) is 9.84. The molecular formula is C13H10N4O2. The Labute approximate surface area is 108 Å². The topological polar surface area (TPSA) is 72.9 Å². The standard InChI is InChI=1S/C13H10N4O2/c18-12-7-9-16(19)15-13(12)11-6-8-14-17(11)10-4-2-1-3-5-10/h1-9,19H. The Morgan fingerprint density at radius 1 is 1.05 bits per heavy atom. The smallest absolute Gasteiger partial charge is 0.210 e. The van der Waals surface area contributed by atoms with Gasteiger partial charge in [-0.1, -0.05) is 18.2 Å². The van der Waals surface area contributed by atoms with E-state index in [1.54, 1.807) is 16.9 Å². The summed E-state index contributed by atoms with van der Waals surface area (Å²) in [4.78, 5) is 12.4. The molecule has 0 unspecified atom stereocenters. The average Bonchev–Trinajstić information content (AvgIpc) is 2.91. The Bertz CT molecular complexity index is 762. The van der Waals surface area contributed by atoms with Crippen molar-refractivity contribution in [2.75, 3.05) is 0 Å². The summed E-state index contributed by atoms with van der Waals surface area (Å²) in [5.41, 5.74) is 1.21. The summed E-state index contributed by atoms with van der Waals surface area (Å²) in [7, 11) is 0. The van der Waals surface area contributed by atoms with Gasteiger partial charge in [0.1, 0.15) is 0 Å². The lowest BCUT2D eigenvalue weighted by atomic mass is 10.2. The van der Waals surface area contributed by atoms with Gasteiger partial charge in [0.2, 0.25) is 5.43 Å². The highest BCUT2D eigenvalue weighted by Gasteiger charge is 2.12. The zero-order chi connectivity index (χ0) is 13.2. The predicted molar refractivity (Wildman–Crippen MR) is 68.2 cm³/mol. The van der Waals surface area contributed by atoms with Gasteiger partial charge >= 0.3 is 0 Å². The fraction of sp³-hybridized carbons (Fsp3) is 0. The number of hydrogen-bond donors (Lipinski definition) is 1. The monoisotopic (exact) mass is 254 g/mol. The highest BCUT2D eigenvalue weighted by Crippen LogP contribution is 2.17. The maximum absolute atomic E-state index is 11.8. The van der Waals surface area contributed by atoms with Gasteiger partial charge in [-0.05, 0) is 18.2 Å². The largest absolute Gasteiger partial charge is 0.412 e. The number of para-hydroxylation sites is 1. The van der Waals surface area contributed by atoms with Crippen LogP contribution in [0, 0.1) is 0 Å². The Morgan fingerprint density at radius 2 is 1.84 bits per heavy atom. The number of benzene rings is 1. The molecule has 0 saturated carbocycles. The highest BCUT2D eigenvalue weighted by molar-refractivity contribution is 5.56. The van der Waals surface area contributed by atoms with Gasteiger partial charge in [0, 0.05) is 6.07 Å². The van der Waals surface area contributed by atoms with E-state index in [0.717, 1.165) is 5.69 Å². The Morgan fingerprint density at radius 3 is 2.63 bits per heavy atom. The van der Waals surface area contributed by atoms with Crippen molar-refractivity contribution >= 4 is 0 Å². The SMILES string of the molecule is O=c1ccn(O)nc1-c1ccnn1-c1ccccc1. The lowest BCUT2D eigenvalue weighted by Gasteiger charge is -2.06. The van der Waals surface area contributed by atoms with E-state index in [0.29, 0.717) is 10.5 Å². The molecule has 3 rings (SSSR count). The van der Waals surface area contributed by atoms with Crippen LogP contribution in [0.5, 0.6) is 0 Å². The first-order chi connectivity index (χ1) is 9.25. The van der Waals surface area contributed by atoms with E-state index in [9.17, 15) is 10.0 Å². The van der Waals surface area contributed by atoms with Crippen LogP contribution in [0.2, 0.25) is 0 Å². The maximum atomic E-state index is 11.8. The lowest BCUT2D eigenvalue weighted by molar-refractivity contribution is 0.144. The maximum Gasteiger partial charge on any atom is 0.210 e. The van der Waals surface area contributed by atoms with Crippen LogP contribution in [-0.4, -0.2) is 24.9 Å². The molecule has 3 aromatic rings. The third-order valence-electron chi connectivity index (χ3n) is 2.68. The molecule has 0 amide bonds. The molecule has 0 aliphatic rings. The third kappa shape index (κ3) is 1.99. The second-order valence-corrected chi connectivity index (χ2v) is 3.91. The highest BCUT2D eigenvalue weighted by atomic mass is 16.5. The van der Waals surface area contributed by atoms with E-state index in [4.69, 9.17) is 0 Å². The normalized spacial score (nSPS) is 10.5. The van der Waals surface area contributed by atoms with Crippen molar-refractivity contribution in [2.24, 2.45) is 0 Å². The van der Waals surface area contributed by atoms with E-state index < -0.39 is 0 Å². The van der Waals surface area contributed by atoms with Crippen molar-refractivity contribution in [1.82, 2.24) is 19.7 Å². The molecule has 0 atom stereocenters. The molecule has 94 valence electrons. The van der Waals surface area contributed by atoms with E-state index >= 15 is 0 Å². The number of aromatic nitrogens is 4. The average molecular weight is 254 g/mol. The zero-order valence-electron chi connectivity index (χ0n) is 9.84. The first kappa shape index (κ1) is 11.2. The van der Waals surface area contributed by atoms with Crippen LogP contribution < -0.4 is 5.43 Å². The quantitative estimate of drug-likeness (QED) is 0.700. The van der Waals surface area contributed by atoms with Crippen LogP contribution in [-0.2, 0) is 0 Å². The molecule has 1 N–H and O–H groups in total. The molecule has 1 aromatic carbocycles. The first-order valence-electron chi connectivity index (χ1n) is 5.65. The minimum atomic E-state index is -0.275. The van der Waals surface area contributed by atoms with E-state index in [-0.39, 0.29) is 11.1 Å². The molecule has 0 spiro atoms. The van der Waals surface area contributed by atoms with E-state index in [2.05, 4.69) is 10.2 Å². The summed E-state index contributed by atoms with van der Waals surface area (Å²) in [6, 6.07) is 12.3. The fourth-order valence-electron chi connectivity index (χ4n) is 1.83. The molecular weight excluding hydrogens is 244 g/mol. The Hall–Kier alpha value is -2.89. The molecule has 0 fully saturated rings. The van der Waals surface area contributed by atoms with E-state index in [1.165, 1.54) is 12.3 Å². The molecule has 0 aliphatic carbocycles. The van der Waals surface area contributed by atoms with Crippen LogP contribution in [0.1, 0.15) is 0 Å². The predicted octanol–water partition coefficient (Wildman–Crippen LogP) is 1.33. The van der Waals surface area contributed by atoms with Crippen LogP contribution in [0.25, 0.3) is 17.1 Å². The minimum Gasteiger partial charge on any atom is -0.412 e. The Balaban J connectivity index is 2.21. The van der Waals surface area contributed by atoms with Gasteiger partial charge in [0.05, 0.1) is 23.8 Å². The molecule has 0 bridgehead atoms. The van der Waals surface area contributed by atoms with Gasteiger partial charge in [0.25, 0.3) is 0 Å². The number of hydrogen-bond acceptors (Lipinski definition) is 4. The van der Waals surface area contributed by atoms with Gasteiger partial charge in [0.15, 0.2) is 5.69 Å². The van der Waals surface area contributed by atoms with Crippen molar-refractivity contribution in [3.63, 3.8) is 0 Å².